The van der Waals surface area contributed by atoms with Crippen molar-refractivity contribution < 1.29 is 4.79 Å². The molecule has 164 valence electrons. The molecule has 1 atom stereocenters. The third kappa shape index (κ3) is 5.53. The highest BCUT2D eigenvalue weighted by Gasteiger charge is 2.18. The molecule has 1 amide bonds. The summed E-state index contributed by atoms with van der Waals surface area (Å²) in [6.07, 6.45) is 4.96. The Bertz CT molecular complexity index is 948. The van der Waals surface area contributed by atoms with Crippen molar-refractivity contribution >= 4 is 41.8 Å². The van der Waals surface area contributed by atoms with Crippen molar-refractivity contribution in [3.8, 4) is 0 Å². The number of carbonyl (C=O) groups excluding carboxylic acids is 1. The molecule has 3 heterocycles. The molecule has 1 aromatic carbocycles. The van der Waals surface area contributed by atoms with Crippen molar-refractivity contribution in [2.24, 2.45) is 0 Å². The monoisotopic (exact) mass is 452 g/mol. The van der Waals surface area contributed by atoms with Gasteiger partial charge in [0.05, 0.1) is 16.7 Å². The number of carbonyl (C=O) groups is 1. The van der Waals surface area contributed by atoms with Crippen LogP contribution in [0.5, 0.6) is 0 Å². The quantitative estimate of drug-likeness (QED) is 0.577. The summed E-state index contributed by atoms with van der Waals surface area (Å²) in [6.45, 7) is 5.88. The van der Waals surface area contributed by atoms with E-state index in [1.807, 2.05) is 30.5 Å². The Morgan fingerprint density at radius 3 is 2.87 bits per heavy atom. The van der Waals surface area contributed by atoms with Crippen LogP contribution in [0.4, 0.5) is 0 Å². The van der Waals surface area contributed by atoms with Crippen LogP contribution in [0.2, 0.25) is 0 Å². The van der Waals surface area contributed by atoms with Crippen LogP contribution >= 0.6 is 24.8 Å². The molecule has 7 nitrogen and oxygen atoms in total. The number of para-hydroxylation sites is 2. The zero-order chi connectivity index (χ0) is 19.3. The molecular formula is C21H30Cl2N6O. The van der Waals surface area contributed by atoms with Gasteiger partial charge in [-0.2, -0.15) is 5.10 Å². The third-order valence-electron chi connectivity index (χ3n) is 5.40. The largest absolute Gasteiger partial charge is 0.354 e. The Morgan fingerprint density at radius 2 is 2.10 bits per heavy atom. The molecule has 4 rings (SSSR count). The van der Waals surface area contributed by atoms with Crippen molar-refractivity contribution in [1.29, 1.82) is 0 Å². The Kier molecular flexibility index (Phi) is 9.14. The molecule has 30 heavy (non-hydrogen) atoms. The van der Waals surface area contributed by atoms with Gasteiger partial charge in [0, 0.05) is 38.2 Å². The number of rotatable bonds is 7. The summed E-state index contributed by atoms with van der Waals surface area (Å²) in [7, 11) is 0. The van der Waals surface area contributed by atoms with E-state index in [1.165, 1.54) is 6.42 Å². The second kappa shape index (κ2) is 11.3. The molecule has 9 heteroatoms. The molecule has 2 aromatic heterocycles. The minimum Gasteiger partial charge on any atom is -0.354 e. The van der Waals surface area contributed by atoms with Crippen LogP contribution in [-0.2, 0) is 24.3 Å². The van der Waals surface area contributed by atoms with Gasteiger partial charge in [-0.3, -0.25) is 9.48 Å². The Labute approximate surface area is 189 Å². The Balaban J connectivity index is 0.00000160. The zero-order valence-electron chi connectivity index (χ0n) is 17.2. The van der Waals surface area contributed by atoms with Gasteiger partial charge in [0.25, 0.3) is 0 Å². The van der Waals surface area contributed by atoms with E-state index in [1.54, 1.807) is 4.68 Å². The average Bonchev–Trinajstić information content (AvgIpc) is 3.32. The second-order valence-electron chi connectivity index (χ2n) is 7.34. The third-order valence-corrected chi connectivity index (χ3v) is 5.40. The van der Waals surface area contributed by atoms with Crippen LogP contribution < -0.4 is 10.6 Å². The first-order valence-electron chi connectivity index (χ1n) is 10.2. The fraction of sp³-hybridized carbons (Fsp3) is 0.476. The van der Waals surface area contributed by atoms with Crippen molar-refractivity contribution in [3.05, 3.63) is 48.0 Å². The fourth-order valence-corrected chi connectivity index (χ4v) is 3.97. The van der Waals surface area contributed by atoms with Crippen LogP contribution in [0.15, 0.2) is 36.5 Å². The fourth-order valence-electron chi connectivity index (χ4n) is 3.97. The van der Waals surface area contributed by atoms with Gasteiger partial charge in [-0.15, -0.1) is 24.8 Å². The van der Waals surface area contributed by atoms with Crippen molar-refractivity contribution in [1.82, 2.24) is 30.0 Å². The molecule has 1 fully saturated rings. The molecule has 0 aliphatic carbocycles. The van der Waals surface area contributed by atoms with Gasteiger partial charge >= 0.3 is 0 Å². The van der Waals surface area contributed by atoms with E-state index in [0.717, 1.165) is 48.6 Å². The van der Waals surface area contributed by atoms with Crippen LogP contribution in [0.1, 0.15) is 37.2 Å². The zero-order valence-corrected chi connectivity index (χ0v) is 18.8. The normalized spacial score (nSPS) is 16.0. The lowest BCUT2D eigenvalue weighted by Crippen LogP contribution is -2.30. The van der Waals surface area contributed by atoms with E-state index in [-0.39, 0.29) is 37.3 Å². The predicted octanol–water partition coefficient (Wildman–Crippen LogP) is 2.92. The van der Waals surface area contributed by atoms with E-state index in [0.29, 0.717) is 18.9 Å². The topological polar surface area (TPSA) is 76.8 Å². The van der Waals surface area contributed by atoms with Crippen LogP contribution in [0, 0.1) is 0 Å². The van der Waals surface area contributed by atoms with Gasteiger partial charge in [-0.05, 0) is 44.5 Å². The number of hydrogen-bond donors (Lipinski definition) is 2. The molecule has 2 N–H and O–H groups in total. The van der Waals surface area contributed by atoms with Crippen LogP contribution in [0.25, 0.3) is 11.0 Å². The Hall–Kier alpha value is -2.09. The number of aromatic nitrogens is 4. The summed E-state index contributed by atoms with van der Waals surface area (Å²) in [5.74, 6) is 1.45. The number of piperidine rings is 1. The molecule has 1 aliphatic heterocycles. The number of amides is 1. The molecule has 1 unspecified atom stereocenters. The number of benzene rings is 1. The SMILES string of the molecule is CCn1c(CCNC(=O)Cn2ccc(C3CCCNC3)n2)nc2ccccc21.Cl.Cl. The van der Waals surface area contributed by atoms with Crippen LogP contribution in [-0.4, -0.2) is 44.9 Å². The highest BCUT2D eigenvalue weighted by Crippen LogP contribution is 2.21. The van der Waals surface area contributed by atoms with Gasteiger partial charge in [0.1, 0.15) is 12.4 Å². The lowest BCUT2D eigenvalue weighted by Gasteiger charge is -2.20. The van der Waals surface area contributed by atoms with E-state index in [2.05, 4.69) is 33.3 Å². The smallest absolute Gasteiger partial charge is 0.241 e. The van der Waals surface area contributed by atoms with E-state index in [9.17, 15) is 4.79 Å². The van der Waals surface area contributed by atoms with E-state index in [4.69, 9.17) is 4.98 Å². The summed E-state index contributed by atoms with van der Waals surface area (Å²) < 4.78 is 3.94. The lowest BCUT2D eigenvalue weighted by atomic mass is 9.97. The van der Waals surface area contributed by atoms with Gasteiger partial charge in [0.2, 0.25) is 5.91 Å². The van der Waals surface area contributed by atoms with E-state index >= 15 is 0 Å². The molecule has 1 aliphatic rings. The molecule has 0 bridgehead atoms. The van der Waals surface area contributed by atoms with Gasteiger partial charge in [0.15, 0.2) is 0 Å². The first kappa shape index (κ1) is 24.2. The minimum absolute atomic E-state index is 0. The number of nitrogens with one attached hydrogen (secondary N) is 2. The van der Waals surface area contributed by atoms with Gasteiger partial charge in [-0.25, -0.2) is 4.98 Å². The summed E-state index contributed by atoms with van der Waals surface area (Å²) >= 11 is 0. The molecule has 0 saturated carbocycles. The second-order valence-corrected chi connectivity index (χ2v) is 7.34. The lowest BCUT2D eigenvalue weighted by molar-refractivity contribution is -0.121. The summed E-state index contributed by atoms with van der Waals surface area (Å²) in [5.41, 5.74) is 3.23. The molecular weight excluding hydrogens is 423 g/mol. The molecule has 0 radical (unpaired) electrons. The number of fused-ring (bicyclic) bond motifs is 1. The number of aryl methyl sites for hydroxylation is 1. The van der Waals surface area contributed by atoms with Crippen molar-refractivity contribution in [3.63, 3.8) is 0 Å². The number of nitrogens with zero attached hydrogens (tertiary/aromatic N) is 4. The van der Waals surface area contributed by atoms with Crippen molar-refractivity contribution in [2.45, 2.75) is 45.2 Å². The average molecular weight is 453 g/mol. The van der Waals surface area contributed by atoms with Gasteiger partial charge in [-0.1, -0.05) is 12.1 Å². The van der Waals surface area contributed by atoms with Crippen molar-refractivity contribution in [2.75, 3.05) is 19.6 Å². The van der Waals surface area contributed by atoms with E-state index < -0.39 is 0 Å². The summed E-state index contributed by atoms with van der Waals surface area (Å²) in [5, 5.41) is 11.0. The number of imidazole rings is 1. The highest BCUT2D eigenvalue weighted by molar-refractivity contribution is 5.85. The number of halogens is 2. The summed E-state index contributed by atoms with van der Waals surface area (Å²) in [4.78, 5) is 17.0. The first-order chi connectivity index (χ1) is 13.7. The first-order valence-corrected chi connectivity index (χ1v) is 10.2. The summed E-state index contributed by atoms with van der Waals surface area (Å²) in [6, 6.07) is 10.2. The Morgan fingerprint density at radius 1 is 1.27 bits per heavy atom. The number of hydrogen-bond acceptors (Lipinski definition) is 4. The molecule has 0 spiro atoms. The molecule has 3 aromatic rings. The predicted molar refractivity (Wildman–Crippen MR) is 124 cm³/mol. The maximum absolute atomic E-state index is 12.3. The minimum atomic E-state index is -0.0180. The van der Waals surface area contributed by atoms with Gasteiger partial charge < -0.3 is 15.2 Å². The van der Waals surface area contributed by atoms with Crippen LogP contribution in [0.3, 0.4) is 0 Å². The maximum Gasteiger partial charge on any atom is 0.241 e. The highest BCUT2D eigenvalue weighted by atomic mass is 35.5. The maximum atomic E-state index is 12.3. The standard InChI is InChI=1S/C21H28N6O.2ClH/c1-2-27-19-8-4-3-7-18(19)24-20(27)9-12-23-21(28)15-26-13-10-17(25-26)16-6-5-11-22-14-16;;/h3-4,7-8,10,13,16,22H,2,5-6,9,11-12,14-15H2,1H3,(H,23,28);2*1H. The molecule has 1 saturated heterocycles.